The van der Waals surface area contributed by atoms with Crippen molar-refractivity contribution in [2.24, 2.45) is 0 Å². The van der Waals surface area contributed by atoms with Crippen molar-refractivity contribution in [3.63, 3.8) is 0 Å². The Morgan fingerprint density at radius 2 is 1.00 bits per heavy atom. The van der Waals surface area contributed by atoms with Crippen LogP contribution in [-0.4, -0.2) is 47.5 Å². The zero-order valence-corrected chi connectivity index (χ0v) is 23.6. The van der Waals surface area contributed by atoms with E-state index in [9.17, 15) is 9.59 Å². The maximum absolute atomic E-state index is 12.5. The molecule has 0 aromatic heterocycles. The fourth-order valence-corrected chi connectivity index (χ4v) is 4.25. The smallest absolute Gasteiger partial charge is 0.308 e. The summed E-state index contributed by atoms with van der Waals surface area (Å²) in [7, 11) is 0. The molecule has 214 valence electrons. The van der Waals surface area contributed by atoms with Crippen LogP contribution in [0.25, 0.3) is 0 Å². The molecule has 0 aliphatic carbocycles. The Morgan fingerprint density at radius 3 is 1.42 bits per heavy atom. The van der Waals surface area contributed by atoms with E-state index >= 15 is 0 Å². The molecule has 2 aliphatic rings. The Labute approximate surface area is 230 Å². The van der Waals surface area contributed by atoms with E-state index in [1.54, 1.807) is 10.0 Å². The Kier molecular flexibility index (Phi) is 17.0. The van der Waals surface area contributed by atoms with Gasteiger partial charge in [-0.05, 0) is 37.1 Å². The predicted octanol–water partition coefficient (Wildman–Crippen LogP) is 6.01. The third kappa shape index (κ3) is 13.8. The Bertz CT molecular complexity index is 716. The molecule has 0 bridgehead atoms. The average molecular weight is 531 g/mol. The third-order valence-corrected chi connectivity index (χ3v) is 6.50. The van der Waals surface area contributed by atoms with E-state index in [4.69, 9.17) is 9.47 Å². The molecule has 0 radical (unpaired) electrons. The number of allylic oxidation sites excluding steroid dienone is 4. The van der Waals surface area contributed by atoms with Crippen LogP contribution in [0.4, 0.5) is 0 Å². The van der Waals surface area contributed by atoms with Gasteiger partial charge in [0.15, 0.2) is 0 Å². The monoisotopic (exact) mass is 530 g/mol. The van der Waals surface area contributed by atoms with Gasteiger partial charge in [0, 0.05) is 25.5 Å². The molecule has 8 nitrogen and oxygen atoms in total. The minimum absolute atomic E-state index is 0.0321. The number of hydrogen-bond acceptors (Lipinski definition) is 8. The molecule has 8 heteroatoms. The van der Waals surface area contributed by atoms with Crippen LogP contribution in [0.15, 0.2) is 48.9 Å². The van der Waals surface area contributed by atoms with E-state index < -0.39 is 24.4 Å². The molecule has 2 unspecified atom stereocenters. The molecule has 2 atom stereocenters. The van der Waals surface area contributed by atoms with Gasteiger partial charge in [0.1, 0.15) is 0 Å². The summed E-state index contributed by atoms with van der Waals surface area (Å²) in [6.07, 6.45) is 28.4. The van der Waals surface area contributed by atoms with Gasteiger partial charge >= 0.3 is 11.9 Å². The Balaban J connectivity index is 1.64. The number of rotatable bonds is 21. The summed E-state index contributed by atoms with van der Waals surface area (Å²) in [6.45, 7) is 6.07. The van der Waals surface area contributed by atoms with Crippen LogP contribution in [0.2, 0.25) is 0 Å². The number of carbonyl (C=O) groups excluding carboxylic acids is 2. The second kappa shape index (κ2) is 20.4. The first-order valence-corrected chi connectivity index (χ1v) is 14.8. The van der Waals surface area contributed by atoms with E-state index in [2.05, 4.69) is 24.7 Å². The van der Waals surface area contributed by atoms with Crippen molar-refractivity contribution in [2.45, 2.75) is 116 Å². The molecule has 0 fully saturated rings. The van der Waals surface area contributed by atoms with Gasteiger partial charge in [0.25, 0.3) is 0 Å². The average Bonchev–Trinajstić information content (AvgIpc) is 2.92. The van der Waals surface area contributed by atoms with Crippen LogP contribution in [0.1, 0.15) is 104 Å². The number of ether oxygens (including phenoxy) is 2. The molecule has 2 rings (SSSR count). The fraction of sp³-hybridized carbons (Fsp3) is 0.667. The van der Waals surface area contributed by atoms with E-state index in [0.29, 0.717) is 0 Å². The van der Waals surface area contributed by atoms with Crippen molar-refractivity contribution in [2.75, 3.05) is 13.1 Å². The van der Waals surface area contributed by atoms with Gasteiger partial charge in [0.2, 0.25) is 12.5 Å². The predicted molar refractivity (Wildman–Crippen MR) is 152 cm³/mol. The molecule has 0 amide bonds. The number of carbonyl (C=O) groups is 2. The highest BCUT2D eigenvalue weighted by molar-refractivity contribution is 5.78. The van der Waals surface area contributed by atoms with Gasteiger partial charge in [-0.1, -0.05) is 90.2 Å². The van der Waals surface area contributed by atoms with Gasteiger partial charge in [0.05, 0.1) is 12.8 Å². The van der Waals surface area contributed by atoms with Crippen molar-refractivity contribution in [1.82, 2.24) is 20.9 Å². The Hall–Kier alpha value is -2.58. The number of nitrogens with zero attached hydrogens (tertiary/aromatic N) is 2. The highest BCUT2D eigenvalue weighted by atomic mass is 16.6. The van der Waals surface area contributed by atoms with Crippen LogP contribution in [0, 0.1) is 0 Å². The van der Waals surface area contributed by atoms with Crippen LogP contribution >= 0.6 is 0 Å². The van der Waals surface area contributed by atoms with E-state index in [1.165, 1.54) is 64.2 Å². The Morgan fingerprint density at radius 1 is 0.605 bits per heavy atom. The summed E-state index contributed by atoms with van der Waals surface area (Å²) in [4.78, 5) is 24.9. The summed E-state index contributed by atoms with van der Waals surface area (Å²) >= 11 is 0. The van der Waals surface area contributed by atoms with Crippen LogP contribution in [0.3, 0.4) is 0 Å². The van der Waals surface area contributed by atoms with Gasteiger partial charge in [-0.25, -0.2) is 10.9 Å². The highest BCUT2D eigenvalue weighted by Crippen LogP contribution is 2.13. The van der Waals surface area contributed by atoms with Crippen LogP contribution in [0.5, 0.6) is 0 Å². The zero-order chi connectivity index (χ0) is 27.3. The molecule has 0 saturated carbocycles. The third-order valence-electron chi connectivity index (χ3n) is 6.50. The topological polar surface area (TPSA) is 83.1 Å². The molecule has 2 N–H and O–H groups in total. The highest BCUT2D eigenvalue weighted by Gasteiger charge is 2.22. The van der Waals surface area contributed by atoms with E-state index in [-0.39, 0.29) is 12.8 Å². The lowest BCUT2D eigenvalue weighted by molar-refractivity contribution is -0.162. The van der Waals surface area contributed by atoms with Gasteiger partial charge in [-0.2, -0.15) is 0 Å². The number of hydrazine groups is 2. The normalized spacial score (nSPS) is 18.3. The maximum Gasteiger partial charge on any atom is 0.308 e. The largest absolute Gasteiger partial charge is 0.436 e. The molecule has 0 saturated heterocycles. The summed E-state index contributed by atoms with van der Waals surface area (Å²) in [5.74, 6) is -0.870. The number of nitrogens with one attached hydrogen (secondary N) is 2. The minimum atomic E-state index is -0.531. The summed E-state index contributed by atoms with van der Waals surface area (Å²) in [5.41, 5.74) is 6.65. The first kappa shape index (κ1) is 31.6. The fourth-order valence-electron chi connectivity index (χ4n) is 4.25. The summed E-state index contributed by atoms with van der Waals surface area (Å²) in [5, 5.41) is 3.60. The molecule has 0 aromatic rings. The van der Waals surface area contributed by atoms with Gasteiger partial charge < -0.3 is 9.47 Å². The SMILES string of the molecule is CCCCCCCCNN1C=CC=CC1OC(=O)CCC(=O)OC1C=CC=CN1NCCCCCCCC. The van der Waals surface area contributed by atoms with Gasteiger partial charge in [-0.15, -0.1) is 0 Å². The van der Waals surface area contributed by atoms with Gasteiger partial charge in [-0.3, -0.25) is 19.6 Å². The molecule has 0 aromatic carbocycles. The molecular formula is C30H50N4O4. The van der Waals surface area contributed by atoms with E-state index in [1.807, 2.05) is 48.9 Å². The first-order valence-electron chi connectivity index (χ1n) is 14.8. The standard InChI is InChI=1S/C30H50N4O4/c1-3-5-7-9-11-15-23-31-33-25-17-13-19-27(33)37-29(35)21-22-30(36)38-28-20-14-18-26-34(28)32-24-16-12-10-8-6-4-2/h13-14,17-20,25-28,31-32H,3-12,15-16,21-24H2,1-2H3. The second-order valence-corrected chi connectivity index (χ2v) is 9.88. The molecule has 2 aliphatic heterocycles. The van der Waals surface area contributed by atoms with Crippen molar-refractivity contribution in [3.05, 3.63) is 48.9 Å². The lowest BCUT2D eigenvalue weighted by Crippen LogP contribution is -2.45. The minimum Gasteiger partial charge on any atom is -0.436 e. The van der Waals surface area contributed by atoms with Crippen molar-refractivity contribution >= 4 is 11.9 Å². The van der Waals surface area contributed by atoms with Crippen LogP contribution in [-0.2, 0) is 19.1 Å². The quantitative estimate of drug-likeness (QED) is 0.138. The first-order chi connectivity index (χ1) is 18.6. The number of hydrogen-bond donors (Lipinski definition) is 2. The maximum atomic E-state index is 12.5. The number of unbranched alkanes of at least 4 members (excludes halogenated alkanes) is 10. The molecule has 38 heavy (non-hydrogen) atoms. The second-order valence-electron chi connectivity index (χ2n) is 9.88. The van der Waals surface area contributed by atoms with Crippen LogP contribution < -0.4 is 10.9 Å². The summed E-state index contributed by atoms with van der Waals surface area (Å²) < 4.78 is 11.2. The van der Waals surface area contributed by atoms with Crippen molar-refractivity contribution in [3.8, 4) is 0 Å². The lowest BCUT2D eigenvalue weighted by atomic mass is 10.1. The zero-order valence-electron chi connectivity index (χ0n) is 23.6. The molecule has 0 spiro atoms. The van der Waals surface area contributed by atoms with Crippen molar-refractivity contribution < 1.29 is 19.1 Å². The molecule has 2 heterocycles. The molecular weight excluding hydrogens is 480 g/mol. The summed E-state index contributed by atoms with van der Waals surface area (Å²) in [6, 6.07) is 0. The number of esters is 2. The van der Waals surface area contributed by atoms with E-state index in [0.717, 1.165) is 25.9 Å². The lowest BCUT2D eigenvalue weighted by Gasteiger charge is -2.30. The van der Waals surface area contributed by atoms with Crippen molar-refractivity contribution in [1.29, 1.82) is 0 Å².